The van der Waals surface area contributed by atoms with Gasteiger partial charge in [-0.25, -0.2) is 9.59 Å². The van der Waals surface area contributed by atoms with Crippen molar-refractivity contribution in [3.05, 3.63) is 60.4 Å². The number of allylic oxidation sites excluding steroid dienone is 6. The zero-order chi connectivity index (χ0) is 49.8. The summed E-state index contributed by atoms with van der Waals surface area (Å²) >= 11 is 0. The third kappa shape index (κ3) is 23.4. The summed E-state index contributed by atoms with van der Waals surface area (Å²) in [6.07, 6.45) is 15.1. The minimum absolute atomic E-state index is 0.0320. The highest BCUT2D eigenvalue weighted by atomic mass is 16.6. The lowest BCUT2D eigenvalue weighted by molar-refractivity contribution is -0.175. The molecule has 21 heteroatoms. The highest BCUT2D eigenvalue weighted by Crippen LogP contribution is 2.31. The van der Waals surface area contributed by atoms with Gasteiger partial charge in [0.2, 0.25) is 23.6 Å². The van der Waals surface area contributed by atoms with Gasteiger partial charge in [0, 0.05) is 32.7 Å². The number of nitrogens with one attached hydrogen (secondary N) is 7. The maximum Gasteiger partial charge on any atom is 0.325 e. The Balaban J connectivity index is 3.62. The van der Waals surface area contributed by atoms with Crippen molar-refractivity contribution in [3.63, 3.8) is 0 Å². The van der Waals surface area contributed by atoms with Crippen LogP contribution in [-0.2, 0) is 47.8 Å². The first-order valence-corrected chi connectivity index (χ1v) is 21.9. The molecule has 0 aromatic heterocycles. The van der Waals surface area contributed by atoms with Crippen LogP contribution in [0.2, 0.25) is 0 Å². The average Bonchev–Trinajstić information content (AvgIpc) is 3.25. The largest absolute Gasteiger partial charge is 0.460 e. The summed E-state index contributed by atoms with van der Waals surface area (Å²) in [6, 6.07) is -4.68. The summed E-state index contributed by atoms with van der Waals surface area (Å²) in [5, 5.41) is 16.5. The zero-order valence-corrected chi connectivity index (χ0v) is 39.4. The molecule has 5 atom stereocenters. The molecule has 0 spiro atoms. The number of esters is 2. The van der Waals surface area contributed by atoms with E-state index in [1.165, 1.54) is 40.0 Å². The van der Waals surface area contributed by atoms with Crippen molar-refractivity contribution in [1.82, 2.24) is 37.2 Å². The monoisotopic (exact) mass is 930 g/mol. The Kier molecular flexibility index (Phi) is 26.7. The number of hydrogen-bond donors (Lipinski definition) is 9. The molecule has 0 radical (unpaired) electrons. The molecule has 0 fully saturated rings. The van der Waals surface area contributed by atoms with Gasteiger partial charge in [0.05, 0.1) is 18.1 Å². The summed E-state index contributed by atoms with van der Waals surface area (Å²) < 4.78 is 17.4. The molecule has 0 saturated heterocycles. The molecular weight excluding hydrogens is 859 g/mol. The summed E-state index contributed by atoms with van der Waals surface area (Å²) in [5.41, 5.74) is 8.51. The zero-order valence-electron chi connectivity index (χ0n) is 39.4. The van der Waals surface area contributed by atoms with E-state index in [1.807, 2.05) is 12.2 Å². The molecule has 1 aliphatic rings. The fraction of sp³-hybridized carbons (Fsp3) is 0.578. The number of nitrogens with two attached hydrogens (primary N) is 2. The van der Waals surface area contributed by atoms with Crippen molar-refractivity contribution < 1.29 is 57.4 Å². The second kappa shape index (κ2) is 30.6. The molecule has 21 nitrogen and oxygen atoms in total. The number of methoxy groups -OCH3 is 1. The van der Waals surface area contributed by atoms with Crippen LogP contribution >= 0.6 is 0 Å². The Morgan fingerprint density at radius 3 is 2.18 bits per heavy atom. The van der Waals surface area contributed by atoms with E-state index in [4.69, 9.17) is 25.7 Å². The molecule has 0 saturated carbocycles. The van der Waals surface area contributed by atoms with Crippen molar-refractivity contribution in [2.24, 2.45) is 28.7 Å². The van der Waals surface area contributed by atoms with Crippen LogP contribution in [0.15, 0.2) is 60.4 Å². The number of carbonyl (C=O) groups excluding carboxylic acids is 9. The average molecular weight is 930 g/mol. The number of hydrogen-bond acceptors (Lipinski definition) is 12. The van der Waals surface area contributed by atoms with Crippen LogP contribution in [-0.4, -0.2) is 117 Å². The summed E-state index contributed by atoms with van der Waals surface area (Å²) in [5.74, 6) is -5.94. The molecule has 0 aromatic carbocycles. The second-order valence-corrected chi connectivity index (χ2v) is 16.6. The summed E-state index contributed by atoms with van der Waals surface area (Å²) in [7, 11) is 1.45. The molecule has 1 rings (SSSR count). The molecule has 368 valence electrons. The van der Waals surface area contributed by atoms with Crippen molar-refractivity contribution in [2.45, 2.75) is 117 Å². The van der Waals surface area contributed by atoms with Gasteiger partial charge in [-0.05, 0) is 70.8 Å². The van der Waals surface area contributed by atoms with Crippen LogP contribution in [0, 0.1) is 17.3 Å². The Bertz CT molecular complexity index is 1820. The first kappa shape index (κ1) is 57.5. The number of cyclic esters (lactones) is 2. The van der Waals surface area contributed by atoms with Crippen LogP contribution in [0.5, 0.6) is 0 Å². The third-order valence-corrected chi connectivity index (χ3v) is 9.96. The fourth-order valence-electron chi connectivity index (χ4n) is 5.90. The lowest BCUT2D eigenvalue weighted by atomic mass is 9.83. The Hall–Kier alpha value is -6.51. The van der Waals surface area contributed by atoms with E-state index in [-0.39, 0.29) is 37.4 Å². The van der Waals surface area contributed by atoms with Gasteiger partial charge in [-0.3, -0.25) is 33.6 Å². The second-order valence-electron chi connectivity index (χ2n) is 16.6. The van der Waals surface area contributed by atoms with E-state index in [1.54, 1.807) is 26.0 Å². The van der Waals surface area contributed by atoms with E-state index in [0.29, 0.717) is 12.3 Å². The number of amides is 9. The first-order valence-electron chi connectivity index (χ1n) is 21.9. The standard InChI is InChI=1S/C45H71N9O12/c1-9-31-41(60)54-32(20-17-23-48-43(46)62)39(58)49-26-37(56)53-33(25-51-44(47)63)40(59)50-27-38(57)66-35(24-30(64-8)19-16-14-12-10-11-13-15-18-28(2)3)45(6,7)42(61)65-34(29(4)5)21-22-36(55)52-31/h9,11-14,16,19,21-22,28-30,32-35H,10,15,17-18,20,23-27H2,1-8H3,(H,49,58)(H,50,59)(H,52,55)(H,53,56)(H,54,60)(H3,46,48,62)(H3,47,51,63)/b13-11-,14-12+,19-16+,22-21+,31-9+/t30-,32+,33?,34-,35?/m0/s1. The van der Waals surface area contributed by atoms with Crippen molar-refractivity contribution in [2.75, 3.05) is 33.3 Å². The molecule has 2 unspecified atom stereocenters. The minimum Gasteiger partial charge on any atom is -0.460 e. The van der Waals surface area contributed by atoms with E-state index < -0.39 is 109 Å². The first-order chi connectivity index (χ1) is 31.1. The van der Waals surface area contributed by atoms with Crippen LogP contribution in [0.4, 0.5) is 9.59 Å². The van der Waals surface area contributed by atoms with Gasteiger partial charge in [0.25, 0.3) is 5.91 Å². The van der Waals surface area contributed by atoms with Gasteiger partial charge in [-0.1, -0.05) is 70.2 Å². The highest BCUT2D eigenvalue weighted by Gasteiger charge is 2.43. The third-order valence-electron chi connectivity index (χ3n) is 9.96. The minimum atomic E-state index is -1.56. The van der Waals surface area contributed by atoms with Gasteiger partial charge in [-0.15, -0.1) is 0 Å². The molecular formula is C45H71N9O12. The van der Waals surface area contributed by atoms with Gasteiger partial charge in [0.15, 0.2) is 0 Å². The SMILES string of the molecule is C/C=C1/NC(=O)/C=C/[C@@H](C(C)C)OC(=O)C(C)(C)C(C[C@H](/C=C/C=C/C/C=C\CCC(C)C)OC)OC(=O)CNC(=O)C(CNC(N)=O)NC(=O)CNC(=O)[C@@H](CCCNC(N)=O)NC1=O. The quantitative estimate of drug-likeness (QED) is 0.0328. The molecule has 0 aromatic rings. The molecule has 0 aliphatic carbocycles. The molecule has 66 heavy (non-hydrogen) atoms. The highest BCUT2D eigenvalue weighted by molar-refractivity contribution is 6.02. The van der Waals surface area contributed by atoms with Crippen molar-refractivity contribution in [3.8, 4) is 0 Å². The Morgan fingerprint density at radius 1 is 0.894 bits per heavy atom. The van der Waals surface area contributed by atoms with E-state index >= 15 is 0 Å². The van der Waals surface area contributed by atoms with Crippen LogP contribution in [0.3, 0.4) is 0 Å². The molecule has 0 bridgehead atoms. The van der Waals surface area contributed by atoms with Crippen molar-refractivity contribution in [1.29, 1.82) is 0 Å². The molecule has 9 amide bonds. The van der Waals surface area contributed by atoms with E-state index in [2.05, 4.69) is 63.2 Å². The number of urea groups is 2. The van der Waals surface area contributed by atoms with E-state index in [9.17, 15) is 43.2 Å². The van der Waals surface area contributed by atoms with Crippen LogP contribution in [0.25, 0.3) is 0 Å². The van der Waals surface area contributed by atoms with Gasteiger partial charge < -0.3 is 62.9 Å². The maximum absolute atomic E-state index is 14.1. The van der Waals surface area contributed by atoms with Crippen molar-refractivity contribution >= 4 is 53.5 Å². The predicted molar refractivity (Wildman–Crippen MR) is 245 cm³/mol. The van der Waals surface area contributed by atoms with Gasteiger partial charge >= 0.3 is 24.0 Å². The Labute approximate surface area is 387 Å². The number of primary amides is 2. The lowest BCUT2D eigenvalue weighted by Gasteiger charge is -2.34. The van der Waals surface area contributed by atoms with Crippen LogP contribution < -0.4 is 48.7 Å². The topological polar surface area (TPSA) is 318 Å². The summed E-state index contributed by atoms with van der Waals surface area (Å²) in [6.45, 7) is 10.3. The number of rotatable bonds is 17. The summed E-state index contributed by atoms with van der Waals surface area (Å²) in [4.78, 5) is 117. The number of carbonyl (C=O) groups is 9. The predicted octanol–water partition coefficient (Wildman–Crippen LogP) is 1.30. The molecule has 1 heterocycles. The fourth-order valence-corrected chi connectivity index (χ4v) is 5.90. The maximum atomic E-state index is 14.1. The normalized spacial score (nSPS) is 22.8. The van der Waals surface area contributed by atoms with Crippen LogP contribution in [0.1, 0.15) is 87.0 Å². The smallest absolute Gasteiger partial charge is 0.325 e. The lowest BCUT2D eigenvalue weighted by Crippen LogP contribution is -2.56. The number of ether oxygens (including phenoxy) is 3. The molecule has 1 aliphatic heterocycles. The van der Waals surface area contributed by atoms with E-state index in [0.717, 1.165) is 18.9 Å². The Morgan fingerprint density at radius 2 is 1.56 bits per heavy atom. The molecule has 11 N–H and O–H groups in total. The van der Waals surface area contributed by atoms with Gasteiger partial charge in [-0.2, -0.15) is 0 Å². The van der Waals surface area contributed by atoms with Gasteiger partial charge in [0.1, 0.15) is 36.5 Å².